The van der Waals surface area contributed by atoms with E-state index in [0.717, 1.165) is 24.3 Å². The second-order valence-corrected chi connectivity index (χ2v) is 4.00. The van der Waals surface area contributed by atoms with Crippen molar-refractivity contribution in [1.82, 2.24) is 0 Å². The Kier molecular flexibility index (Phi) is 4.09. The highest BCUT2D eigenvalue weighted by Crippen LogP contribution is 2.22. The molecule has 0 heterocycles. The van der Waals surface area contributed by atoms with Crippen molar-refractivity contribution in [2.45, 2.75) is 20.8 Å². The van der Waals surface area contributed by atoms with Crippen LogP contribution in [0.15, 0.2) is 18.2 Å². The molecule has 82 valence electrons. The molecule has 1 aromatic rings. The van der Waals surface area contributed by atoms with Crippen LogP contribution in [-0.2, 0) is 0 Å². The number of benzene rings is 1. The molecular weight excluding hydrogens is 204 g/mol. The molecule has 3 heteroatoms. The third-order valence-corrected chi connectivity index (χ3v) is 2.74. The zero-order valence-electron chi connectivity index (χ0n) is 9.58. The molecule has 0 aromatic heterocycles. The molecule has 0 unspecified atom stereocenters. The maximum absolute atomic E-state index is 5.72. The van der Waals surface area contributed by atoms with Crippen molar-refractivity contribution in [2.75, 3.05) is 18.0 Å². The van der Waals surface area contributed by atoms with E-state index in [-0.39, 0.29) is 0 Å². The van der Waals surface area contributed by atoms with Gasteiger partial charge in [-0.3, -0.25) is 0 Å². The van der Waals surface area contributed by atoms with E-state index in [1.54, 1.807) is 0 Å². The van der Waals surface area contributed by atoms with Gasteiger partial charge in [-0.05, 0) is 38.5 Å². The average molecular weight is 222 g/mol. The molecule has 0 saturated carbocycles. The molecule has 0 bridgehead atoms. The topological polar surface area (TPSA) is 29.3 Å². The van der Waals surface area contributed by atoms with Crippen LogP contribution in [-0.4, -0.2) is 18.1 Å². The van der Waals surface area contributed by atoms with E-state index in [0.29, 0.717) is 4.99 Å². The summed E-state index contributed by atoms with van der Waals surface area (Å²) in [6, 6.07) is 6.19. The third kappa shape index (κ3) is 2.69. The summed E-state index contributed by atoms with van der Waals surface area (Å²) in [5, 5.41) is 0. The van der Waals surface area contributed by atoms with E-state index >= 15 is 0 Å². The molecule has 0 atom stereocenters. The monoisotopic (exact) mass is 222 g/mol. The number of thiocarbonyl (C=S) groups is 1. The number of hydrogen-bond donors (Lipinski definition) is 1. The van der Waals surface area contributed by atoms with Gasteiger partial charge in [0.1, 0.15) is 4.99 Å². The van der Waals surface area contributed by atoms with Crippen LogP contribution in [0.25, 0.3) is 0 Å². The molecule has 0 spiro atoms. The van der Waals surface area contributed by atoms with Crippen LogP contribution in [0.5, 0.6) is 0 Å². The van der Waals surface area contributed by atoms with Crippen molar-refractivity contribution in [3.8, 4) is 0 Å². The van der Waals surface area contributed by atoms with Crippen molar-refractivity contribution in [3.05, 3.63) is 29.3 Å². The minimum Gasteiger partial charge on any atom is -0.389 e. The summed E-state index contributed by atoms with van der Waals surface area (Å²) < 4.78 is 0. The van der Waals surface area contributed by atoms with Crippen LogP contribution in [0.4, 0.5) is 5.69 Å². The molecule has 0 fully saturated rings. The molecule has 2 N–H and O–H groups in total. The Morgan fingerprint density at radius 1 is 1.33 bits per heavy atom. The highest BCUT2D eigenvalue weighted by Gasteiger charge is 2.10. The van der Waals surface area contributed by atoms with Gasteiger partial charge in [-0.2, -0.15) is 0 Å². The largest absolute Gasteiger partial charge is 0.389 e. The van der Waals surface area contributed by atoms with Crippen LogP contribution in [0, 0.1) is 6.92 Å². The number of anilines is 1. The van der Waals surface area contributed by atoms with Crippen LogP contribution in [0.2, 0.25) is 0 Å². The van der Waals surface area contributed by atoms with Gasteiger partial charge in [0.15, 0.2) is 0 Å². The lowest BCUT2D eigenvalue weighted by atomic mass is 10.1. The number of rotatable bonds is 4. The summed E-state index contributed by atoms with van der Waals surface area (Å²) in [4.78, 5) is 2.73. The minimum atomic E-state index is 0.469. The van der Waals surface area contributed by atoms with Crippen molar-refractivity contribution in [3.63, 3.8) is 0 Å². The normalized spacial score (nSPS) is 10.1. The van der Waals surface area contributed by atoms with Crippen molar-refractivity contribution < 1.29 is 0 Å². The first-order chi connectivity index (χ1) is 7.10. The number of aryl methyl sites for hydroxylation is 1. The summed E-state index contributed by atoms with van der Waals surface area (Å²) in [7, 11) is 0. The average Bonchev–Trinajstić information content (AvgIpc) is 2.19. The highest BCUT2D eigenvalue weighted by atomic mass is 32.1. The van der Waals surface area contributed by atoms with Gasteiger partial charge in [-0.1, -0.05) is 18.3 Å². The van der Waals surface area contributed by atoms with Crippen LogP contribution >= 0.6 is 12.2 Å². The van der Waals surface area contributed by atoms with Gasteiger partial charge in [0, 0.05) is 24.3 Å². The predicted molar refractivity (Wildman–Crippen MR) is 70.6 cm³/mol. The zero-order chi connectivity index (χ0) is 11.4. The van der Waals surface area contributed by atoms with Crippen LogP contribution in [0.3, 0.4) is 0 Å². The standard InChI is InChI=1S/C12H18N2S/c1-4-14(5-2)11-8-9(3)6-7-10(11)12(13)15/h6-8H,4-5H2,1-3H3,(H2,13,15). The van der Waals surface area contributed by atoms with Gasteiger partial charge >= 0.3 is 0 Å². The molecular formula is C12H18N2S. The van der Waals surface area contributed by atoms with E-state index in [2.05, 4.69) is 31.7 Å². The Balaban J connectivity index is 3.22. The van der Waals surface area contributed by atoms with Crippen molar-refractivity contribution >= 4 is 22.9 Å². The molecule has 0 radical (unpaired) electrons. The first kappa shape index (κ1) is 12.0. The number of nitrogens with zero attached hydrogens (tertiary/aromatic N) is 1. The van der Waals surface area contributed by atoms with E-state index < -0.39 is 0 Å². The maximum atomic E-state index is 5.72. The first-order valence-electron chi connectivity index (χ1n) is 5.25. The molecule has 0 aliphatic rings. The van der Waals surface area contributed by atoms with Gasteiger partial charge in [0.05, 0.1) is 0 Å². The van der Waals surface area contributed by atoms with Crippen LogP contribution < -0.4 is 10.6 Å². The first-order valence-corrected chi connectivity index (χ1v) is 5.66. The number of hydrogen-bond acceptors (Lipinski definition) is 2. The lowest BCUT2D eigenvalue weighted by molar-refractivity contribution is 0.864. The second kappa shape index (κ2) is 5.12. The molecule has 1 rings (SSSR count). The van der Waals surface area contributed by atoms with E-state index in [4.69, 9.17) is 18.0 Å². The molecule has 0 aliphatic heterocycles. The van der Waals surface area contributed by atoms with Crippen molar-refractivity contribution in [1.29, 1.82) is 0 Å². The molecule has 0 amide bonds. The Hall–Kier alpha value is -1.09. The summed E-state index contributed by atoms with van der Waals surface area (Å²) >= 11 is 5.06. The summed E-state index contributed by atoms with van der Waals surface area (Å²) in [6.45, 7) is 8.28. The third-order valence-electron chi connectivity index (χ3n) is 2.52. The fraction of sp³-hybridized carbons (Fsp3) is 0.417. The minimum absolute atomic E-state index is 0.469. The van der Waals surface area contributed by atoms with Gasteiger partial charge in [0.25, 0.3) is 0 Å². The Labute approximate surface area is 97.1 Å². The van der Waals surface area contributed by atoms with E-state index in [1.165, 1.54) is 5.56 Å². The molecule has 0 aliphatic carbocycles. The van der Waals surface area contributed by atoms with Gasteiger partial charge < -0.3 is 10.6 Å². The quantitative estimate of drug-likeness (QED) is 0.794. The number of nitrogens with two attached hydrogens (primary N) is 1. The second-order valence-electron chi connectivity index (χ2n) is 3.56. The fourth-order valence-corrected chi connectivity index (χ4v) is 1.85. The fourth-order valence-electron chi connectivity index (χ4n) is 1.68. The maximum Gasteiger partial charge on any atom is 0.106 e. The van der Waals surface area contributed by atoms with Gasteiger partial charge in [0.2, 0.25) is 0 Å². The summed E-state index contributed by atoms with van der Waals surface area (Å²) in [5.74, 6) is 0. The van der Waals surface area contributed by atoms with Crippen LogP contribution in [0.1, 0.15) is 25.0 Å². The van der Waals surface area contributed by atoms with E-state index in [9.17, 15) is 0 Å². The van der Waals surface area contributed by atoms with Gasteiger partial charge in [-0.25, -0.2) is 0 Å². The zero-order valence-corrected chi connectivity index (χ0v) is 10.4. The molecule has 15 heavy (non-hydrogen) atoms. The summed E-state index contributed by atoms with van der Waals surface area (Å²) in [6.07, 6.45) is 0. The predicted octanol–water partition coefficient (Wildman–Crippen LogP) is 2.48. The molecule has 0 saturated heterocycles. The smallest absolute Gasteiger partial charge is 0.106 e. The molecule has 2 nitrogen and oxygen atoms in total. The Morgan fingerprint density at radius 3 is 2.40 bits per heavy atom. The summed E-state index contributed by atoms with van der Waals surface area (Å²) in [5.41, 5.74) is 9.07. The Bertz CT molecular complexity index is 357. The lowest BCUT2D eigenvalue weighted by Gasteiger charge is -2.24. The molecule has 1 aromatic carbocycles. The van der Waals surface area contributed by atoms with E-state index in [1.807, 2.05) is 12.1 Å². The SMILES string of the molecule is CCN(CC)c1cc(C)ccc1C(N)=S. The lowest BCUT2D eigenvalue weighted by Crippen LogP contribution is -2.25. The Morgan fingerprint density at radius 2 is 1.93 bits per heavy atom. The van der Waals surface area contributed by atoms with Gasteiger partial charge in [-0.15, -0.1) is 0 Å². The van der Waals surface area contributed by atoms with Crippen molar-refractivity contribution in [2.24, 2.45) is 5.73 Å². The highest BCUT2D eigenvalue weighted by molar-refractivity contribution is 7.80.